The number of rotatable bonds is 4. The molecule has 8 heteroatoms. The van der Waals surface area contributed by atoms with Gasteiger partial charge in [-0.1, -0.05) is 0 Å². The fourth-order valence-corrected chi connectivity index (χ4v) is 1.32. The average Bonchev–Trinajstić information content (AvgIpc) is 2.34. The Labute approximate surface area is 117 Å². The standard InChI is InChI=1S/C12H20N4O4/c1-12(2,3)20-11(19)14-6-8(17)10(18)7-4-5-9(13)16-15-7/h4-5,8,10,17-18H,6H2,1-3H3,(H2,13,16)(H,14,19). The predicted molar refractivity (Wildman–Crippen MR) is 71.6 cm³/mol. The number of nitrogens with one attached hydrogen (secondary N) is 1. The molecule has 20 heavy (non-hydrogen) atoms. The van der Waals surface area contributed by atoms with Crippen LogP contribution in [0, 0.1) is 0 Å². The summed E-state index contributed by atoms with van der Waals surface area (Å²) in [6, 6.07) is 2.91. The first-order chi connectivity index (χ1) is 9.19. The number of anilines is 1. The highest BCUT2D eigenvalue weighted by atomic mass is 16.6. The predicted octanol–water partition coefficient (Wildman–Crippen LogP) is -0.0222. The van der Waals surface area contributed by atoms with Crippen molar-refractivity contribution >= 4 is 11.9 Å². The largest absolute Gasteiger partial charge is 0.444 e. The third-order valence-corrected chi connectivity index (χ3v) is 2.23. The lowest BCUT2D eigenvalue weighted by molar-refractivity contribution is 0.0105. The molecule has 0 saturated heterocycles. The van der Waals surface area contributed by atoms with E-state index in [0.717, 1.165) is 0 Å². The number of hydrogen-bond acceptors (Lipinski definition) is 7. The molecule has 0 aliphatic rings. The minimum Gasteiger partial charge on any atom is -0.444 e. The van der Waals surface area contributed by atoms with E-state index in [1.54, 1.807) is 20.8 Å². The van der Waals surface area contributed by atoms with Crippen molar-refractivity contribution in [3.63, 3.8) is 0 Å². The molecule has 1 aromatic rings. The van der Waals surface area contributed by atoms with Crippen LogP contribution in [0.4, 0.5) is 10.6 Å². The zero-order valence-electron chi connectivity index (χ0n) is 11.7. The lowest BCUT2D eigenvalue weighted by atomic mass is 10.1. The van der Waals surface area contributed by atoms with Gasteiger partial charge < -0.3 is 26.0 Å². The van der Waals surface area contributed by atoms with E-state index in [1.165, 1.54) is 12.1 Å². The van der Waals surface area contributed by atoms with Crippen LogP contribution in [-0.4, -0.2) is 44.8 Å². The fraction of sp³-hybridized carbons (Fsp3) is 0.583. The molecule has 0 aliphatic carbocycles. The number of hydrogen-bond donors (Lipinski definition) is 4. The number of aliphatic hydroxyl groups is 2. The van der Waals surface area contributed by atoms with Crippen LogP contribution >= 0.6 is 0 Å². The van der Waals surface area contributed by atoms with Crippen LogP contribution in [-0.2, 0) is 4.74 Å². The molecule has 1 amide bonds. The van der Waals surface area contributed by atoms with E-state index in [-0.39, 0.29) is 18.1 Å². The second-order valence-corrected chi connectivity index (χ2v) is 5.28. The van der Waals surface area contributed by atoms with Crippen LogP contribution in [0.15, 0.2) is 12.1 Å². The number of aliphatic hydroxyl groups excluding tert-OH is 2. The summed E-state index contributed by atoms with van der Waals surface area (Å²) in [5.41, 5.74) is 4.90. The third-order valence-electron chi connectivity index (χ3n) is 2.23. The number of amides is 1. The Balaban J connectivity index is 2.48. The highest BCUT2D eigenvalue weighted by Crippen LogP contribution is 2.14. The number of carbonyl (C=O) groups is 1. The van der Waals surface area contributed by atoms with E-state index in [9.17, 15) is 15.0 Å². The van der Waals surface area contributed by atoms with Gasteiger partial charge in [0.25, 0.3) is 0 Å². The molecule has 0 spiro atoms. The summed E-state index contributed by atoms with van der Waals surface area (Å²) in [5.74, 6) is 0.210. The van der Waals surface area contributed by atoms with Crippen molar-refractivity contribution in [2.75, 3.05) is 12.3 Å². The van der Waals surface area contributed by atoms with Gasteiger partial charge in [0.2, 0.25) is 0 Å². The van der Waals surface area contributed by atoms with Gasteiger partial charge in [-0.2, -0.15) is 5.10 Å². The molecule has 0 aliphatic heterocycles. The summed E-state index contributed by atoms with van der Waals surface area (Å²) in [7, 11) is 0. The first-order valence-electron chi connectivity index (χ1n) is 6.11. The van der Waals surface area contributed by atoms with Crippen molar-refractivity contribution in [2.24, 2.45) is 0 Å². The second kappa shape index (κ2) is 6.49. The molecular weight excluding hydrogens is 264 g/mol. The Bertz CT molecular complexity index is 444. The van der Waals surface area contributed by atoms with Gasteiger partial charge in [-0.15, -0.1) is 5.10 Å². The maximum Gasteiger partial charge on any atom is 0.407 e. The van der Waals surface area contributed by atoms with Crippen molar-refractivity contribution in [3.8, 4) is 0 Å². The SMILES string of the molecule is CC(C)(C)OC(=O)NCC(O)C(O)c1ccc(N)nn1. The van der Waals surface area contributed by atoms with Gasteiger partial charge in [-0.05, 0) is 32.9 Å². The highest BCUT2D eigenvalue weighted by molar-refractivity contribution is 5.67. The first kappa shape index (κ1) is 16.1. The van der Waals surface area contributed by atoms with Crippen LogP contribution in [0.25, 0.3) is 0 Å². The molecule has 8 nitrogen and oxygen atoms in total. The number of alkyl carbamates (subject to hydrolysis) is 1. The van der Waals surface area contributed by atoms with Gasteiger partial charge in [0.15, 0.2) is 0 Å². The Morgan fingerprint density at radius 2 is 2.05 bits per heavy atom. The molecule has 0 fully saturated rings. The summed E-state index contributed by atoms with van der Waals surface area (Å²) >= 11 is 0. The molecule has 0 saturated carbocycles. The molecule has 112 valence electrons. The molecule has 1 rings (SSSR count). The normalized spacial score (nSPS) is 14.4. The van der Waals surface area contributed by atoms with E-state index in [1.807, 2.05) is 0 Å². The van der Waals surface area contributed by atoms with E-state index >= 15 is 0 Å². The topological polar surface area (TPSA) is 131 Å². The van der Waals surface area contributed by atoms with Crippen molar-refractivity contribution in [3.05, 3.63) is 17.8 Å². The minimum absolute atomic E-state index is 0.165. The maximum absolute atomic E-state index is 11.4. The molecule has 0 radical (unpaired) electrons. The van der Waals surface area contributed by atoms with E-state index < -0.39 is 23.9 Å². The molecule has 1 heterocycles. The number of nitrogens with two attached hydrogens (primary N) is 1. The average molecular weight is 284 g/mol. The molecule has 0 bridgehead atoms. The lowest BCUT2D eigenvalue weighted by Crippen LogP contribution is -2.39. The zero-order valence-corrected chi connectivity index (χ0v) is 11.7. The first-order valence-corrected chi connectivity index (χ1v) is 6.11. The fourth-order valence-electron chi connectivity index (χ4n) is 1.32. The lowest BCUT2D eigenvalue weighted by Gasteiger charge is -2.21. The van der Waals surface area contributed by atoms with Gasteiger partial charge in [0.1, 0.15) is 23.6 Å². The maximum atomic E-state index is 11.4. The van der Waals surface area contributed by atoms with E-state index in [2.05, 4.69) is 15.5 Å². The van der Waals surface area contributed by atoms with Crippen LogP contribution in [0.5, 0.6) is 0 Å². The Morgan fingerprint density at radius 1 is 1.40 bits per heavy atom. The summed E-state index contributed by atoms with van der Waals surface area (Å²) in [5, 5.41) is 29.2. The Kier molecular flexibility index (Phi) is 5.23. The van der Waals surface area contributed by atoms with Crippen LogP contribution < -0.4 is 11.1 Å². The van der Waals surface area contributed by atoms with Gasteiger partial charge in [-0.25, -0.2) is 4.79 Å². The minimum atomic E-state index is -1.28. The summed E-state index contributed by atoms with van der Waals surface area (Å²) < 4.78 is 5.00. The third kappa shape index (κ3) is 5.37. The monoisotopic (exact) mass is 284 g/mol. The second-order valence-electron chi connectivity index (χ2n) is 5.28. The summed E-state index contributed by atoms with van der Waals surface area (Å²) in [6.45, 7) is 4.99. The van der Waals surface area contributed by atoms with Crippen LogP contribution in [0.2, 0.25) is 0 Å². The van der Waals surface area contributed by atoms with Crippen molar-refractivity contribution in [2.45, 2.75) is 38.6 Å². The number of aromatic nitrogens is 2. The molecule has 2 unspecified atom stereocenters. The number of ether oxygens (including phenoxy) is 1. The van der Waals surface area contributed by atoms with Gasteiger partial charge >= 0.3 is 6.09 Å². The van der Waals surface area contributed by atoms with E-state index in [0.29, 0.717) is 0 Å². The molecular formula is C12H20N4O4. The molecule has 1 aromatic heterocycles. The molecule has 0 aromatic carbocycles. The molecule has 5 N–H and O–H groups in total. The smallest absolute Gasteiger partial charge is 0.407 e. The van der Waals surface area contributed by atoms with Gasteiger partial charge in [-0.3, -0.25) is 0 Å². The van der Waals surface area contributed by atoms with Crippen molar-refractivity contribution in [1.29, 1.82) is 0 Å². The number of carbonyl (C=O) groups excluding carboxylic acids is 1. The number of nitrogens with zero attached hydrogens (tertiary/aromatic N) is 2. The van der Waals surface area contributed by atoms with Crippen molar-refractivity contribution < 1.29 is 19.7 Å². The van der Waals surface area contributed by atoms with Crippen LogP contribution in [0.1, 0.15) is 32.6 Å². The van der Waals surface area contributed by atoms with Gasteiger partial charge in [0, 0.05) is 6.54 Å². The number of nitrogen functional groups attached to an aromatic ring is 1. The molecule has 2 atom stereocenters. The van der Waals surface area contributed by atoms with Crippen molar-refractivity contribution in [1.82, 2.24) is 15.5 Å². The van der Waals surface area contributed by atoms with Gasteiger partial charge in [0.05, 0.1) is 5.69 Å². The Hall–Kier alpha value is -1.93. The quantitative estimate of drug-likeness (QED) is 0.611. The van der Waals surface area contributed by atoms with E-state index in [4.69, 9.17) is 10.5 Å². The summed E-state index contributed by atoms with van der Waals surface area (Å²) in [4.78, 5) is 11.4. The summed E-state index contributed by atoms with van der Waals surface area (Å²) in [6.07, 6.45) is -3.19. The zero-order chi connectivity index (χ0) is 15.3. The highest BCUT2D eigenvalue weighted by Gasteiger charge is 2.22. The Morgan fingerprint density at radius 3 is 2.55 bits per heavy atom. The van der Waals surface area contributed by atoms with Crippen LogP contribution in [0.3, 0.4) is 0 Å².